The van der Waals surface area contributed by atoms with Crippen molar-refractivity contribution in [3.8, 4) is 11.4 Å². The first-order chi connectivity index (χ1) is 16.8. The quantitative estimate of drug-likeness (QED) is 0.375. The lowest BCUT2D eigenvalue weighted by molar-refractivity contribution is 0.0953. The molecule has 0 aliphatic heterocycles. The Hall–Kier alpha value is -4.32. The van der Waals surface area contributed by atoms with E-state index in [0.29, 0.717) is 30.6 Å². The highest BCUT2D eigenvalue weighted by atomic mass is 19.2. The van der Waals surface area contributed by atoms with Crippen molar-refractivity contribution in [2.45, 2.75) is 13.0 Å². The number of amides is 1. The molecule has 0 bridgehead atoms. The van der Waals surface area contributed by atoms with Gasteiger partial charge in [-0.1, -0.05) is 18.2 Å². The zero-order valence-corrected chi connectivity index (χ0v) is 18.7. The minimum absolute atomic E-state index is 0.0949. The molecule has 1 amide bonds. The maximum Gasteiger partial charge on any atom is 0.332 e. The summed E-state index contributed by atoms with van der Waals surface area (Å²) in [5.41, 5.74) is 5.03. The fraction of sp³-hybridized carbons (Fsp3) is 0.217. The van der Waals surface area contributed by atoms with Crippen molar-refractivity contribution in [1.82, 2.24) is 29.6 Å². The van der Waals surface area contributed by atoms with Crippen molar-refractivity contribution in [1.29, 1.82) is 0 Å². The van der Waals surface area contributed by atoms with E-state index >= 15 is 0 Å². The molecule has 0 radical (unpaired) electrons. The summed E-state index contributed by atoms with van der Waals surface area (Å²) < 4.78 is 28.9. The highest BCUT2D eigenvalue weighted by molar-refractivity contribution is 5.94. The van der Waals surface area contributed by atoms with Gasteiger partial charge in [0, 0.05) is 24.7 Å². The molecule has 180 valence electrons. The molecule has 2 aromatic carbocycles. The van der Waals surface area contributed by atoms with E-state index in [0.717, 1.165) is 21.3 Å². The van der Waals surface area contributed by atoms with E-state index in [4.69, 9.17) is 5.73 Å². The average Bonchev–Trinajstić information content (AvgIpc) is 2.87. The second kappa shape index (κ2) is 9.89. The minimum Gasteiger partial charge on any atom is -0.352 e. The van der Waals surface area contributed by atoms with Crippen molar-refractivity contribution in [2.24, 2.45) is 12.8 Å². The number of carbonyl (C=O) groups is 1. The standard InChI is InChI=1S/C23H21F2N7O3/c1-31-22(34)18-20(32(23(31)35)12-13-3-8-16(24)17(25)11-13)30-29-19(28-18)14-4-6-15(7-5-14)21(33)27-10-2-9-26/h3-8,11H,2,9-10,12,26H2,1H3,(H,27,33). The summed E-state index contributed by atoms with van der Waals surface area (Å²) >= 11 is 0. The number of carbonyl (C=O) groups excluding carboxylic acids is 1. The van der Waals surface area contributed by atoms with Crippen molar-refractivity contribution in [2.75, 3.05) is 13.1 Å². The highest BCUT2D eigenvalue weighted by Crippen LogP contribution is 2.17. The van der Waals surface area contributed by atoms with Crippen LogP contribution in [0.4, 0.5) is 8.78 Å². The smallest absolute Gasteiger partial charge is 0.332 e. The number of aromatic nitrogens is 5. The topological polar surface area (TPSA) is 138 Å². The van der Waals surface area contributed by atoms with Crippen LogP contribution in [0.2, 0.25) is 0 Å². The monoisotopic (exact) mass is 481 g/mol. The normalized spacial score (nSPS) is 11.1. The molecule has 0 saturated heterocycles. The molecule has 4 aromatic rings. The van der Waals surface area contributed by atoms with Gasteiger partial charge in [0.15, 0.2) is 28.6 Å². The van der Waals surface area contributed by atoms with E-state index in [9.17, 15) is 23.2 Å². The van der Waals surface area contributed by atoms with Gasteiger partial charge in [-0.25, -0.2) is 18.6 Å². The molecule has 0 fully saturated rings. The van der Waals surface area contributed by atoms with Gasteiger partial charge in [-0.05, 0) is 42.8 Å². The van der Waals surface area contributed by atoms with Gasteiger partial charge in [0.2, 0.25) is 0 Å². The molecule has 3 N–H and O–H groups in total. The Labute approximate surface area is 197 Å². The van der Waals surface area contributed by atoms with Gasteiger partial charge in [0.05, 0.1) is 6.54 Å². The number of fused-ring (bicyclic) bond motifs is 1. The van der Waals surface area contributed by atoms with Crippen LogP contribution < -0.4 is 22.3 Å². The van der Waals surface area contributed by atoms with Crippen molar-refractivity contribution in [3.63, 3.8) is 0 Å². The molecule has 0 aliphatic carbocycles. The lowest BCUT2D eigenvalue weighted by Crippen LogP contribution is -2.39. The van der Waals surface area contributed by atoms with Crippen LogP contribution >= 0.6 is 0 Å². The second-order valence-corrected chi connectivity index (χ2v) is 7.76. The molecule has 0 unspecified atom stereocenters. The van der Waals surface area contributed by atoms with E-state index in [1.165, 1.54) is 13.1 Å². The number of nitrogens with zero attached hydrogens (tertiary/aromatic N) is 5. The third-order valence-corrected chi connectivity index (χ3v) is 5.35. The van der Waals surface area contributed by atoms with Gasteiger partial charge in [0.25, 0.3) is 11.5 Å². The fourth-order valence-corrected chi connectivity index (χ4v) is 3.43. The lowest BCUT2D eigenvalue weighted by atomic mass is 10.1. The minimum atomic E-state index is -1.06. The van der Waals surface area contributed by atoms with Crippen molar-refractivity contribution >= 4 is 17.1 Å². The number of hydrogen-bond donors (Lipinski definition) is 2. The molecular formula is C23H21F2N7O3. The zero-order valence-electron chi connectivity index (χ0n) is 18.7. The first-order valence-corrected chi connectivity index (χ1v) is 10.7. The van der Waals surface area contributed by atoms with Crippen LogP contribution in [0.1, 0.15) is 22.3 Å². The average molecular weight is 481 g/mol. The van der Waals surface area contributed by atoms with Crippen molar-refractivity contribution < 1.29 is 13.6 Å². The Bertz CT molecular complexity index is 1530. The largest absolute Gasteiger partial charge is 0.352 e. The summed E-state index contributed by atoms with van der Waals surface area (Å²) in [4.78, 5) is 41.9. The molecule has 2 heterocycles. The molecule has 0 spiro atoms. The van der Waals surface area contributed by atoms with Gasteiger partial charge in [0.1, 0.15) is 0 Å². The summed E-state index contributed by atoms with van der Waals surface area (Å²) in [7, 11) is 1.28. The molecule has 12 heteroatoms. The van der Waals surface area contributed by atoms with E-state index in [1.54, 1.807) is 24.3 Å². The van der Waals surface area contributed by atoms with Crippen LogP contribution in [-0.2, 0) is 13.6 Å². The van der Waals surface area contributed by atoms with E-state index in [2.05, 4.69) is 20.5 Å². The molecule has 4 rings (SSSR count). The Balaban J connectivity index is 1.71. The summed E-state index contributed by atoms with van der Waals surface area (Å²) in [5.74, 6) is -2.22. The van der Waals surface area contributed by atoms with Gasteiger partial charge in [-0.2, -0.15) is 0 Å². The first-order valence-electron chi connectivity index (χ1n) is 10.7. The van der Waals surface area contributed by atoms with Crippen LogP contribution in [0.3, 0.4) is 0 Å². The number of hydrogen-bond acceptors (Lipinski definition) is 7. The Morgan fingerprint density at radius 1 is 1.06 bits per heavy atom. The van der Waals surface area contributed by atoms with Gasteiger partial charge in [-0.3, -0.25) is 18.7 Å². The lowest BCUT2D eigenvalue weighted by Gasteiger charge is -2.11. The first kappa shape index (κ1) is 23.8. The van der Waals surface area contributed by atoms with E-state index in [1.807, 2.05) is 0 Å². The van der Waals surface area contributed by atoms with Gasteiger partial charge >= 0.3 is 5.69 Å². The van der Waals surface area contributed by atoms with Crippen LogP contribution in [0.15, 0.2) is 52.1 Å². The number of halogens is 2. The SMILES string of the molecule is Cn1c(=O)c2nc(-c3ccc(C(=O)NCCCN)cc3)nnc2n(Cc2ccc(F)c(F)c2)c1=O. The molecule has 10 nitrogen and oxygen atoms in total. The molecule has 0 saturated carbocycles. The number of nitrogens with two attached hydrogens (primary N) is 1. The Morgan fingerprint density at radius 2 is 1.80 bits per heavy atom. The highest BCUT2D eigenvalue weighted by Gasteiger charge is 2.17. The second-order valence-electron chi connectivity index (χ2n) is 7.76. The predicted octanol–water partition coefficient (Wildman–Crippen LogP) is 0.957. The Kier molecular flexibility index (Phi) is 6.73. The Morgan fingerprint density at radius 3 is 2.49 bits per heavy atom. The van der Waals surface area contributed by atoms with Gasteiger partial charge < -0.3 is 11.1 Å². The van der Waals surface area contributed by atoms with Crippen LogP contribution in [0.5, 0.6) is 0 Å². The van der Waals surface area contributed by atoms with Crippen LogP contribution in [0.25, 0.3) is 22.6 Å². The molecule has 2 aromatic heterocycles. The number of nitrogens with one attached hydrogen (secondary N) is 1. The maximum atomic E-state index is 13.6. The fourth-order valence-electron chi connectivity index (χ4n) is 3.43. The molecule has 0 aliphatic rings. The van der Waals surface area contributed by atoms with Crippen LogP contribution in [-0.4, -0.2) is 43.3 Å². The third kappa shape index (κ3) is 4.82. The number of rotatable bonds is 7. The van der Waals surface area contributed by atoms with E-state index < -0.39 is 22.9 Å². The summed E-state index contributed by atoms with van der Waals surface area (Å²) in [6.45, 7) is 0.758. The number of benzene rings is 2. The van der Waals surface area contributed by atoms with Crippen LogP contribution in [0, 0.1) is 11.6 Å². The molecule has 0 atom stereocenters. The summed E-state index contributed by atoms with van der Waals surface area (Å²) in [6, 6.07) is 9.63. The summed E-state index contributed by atoms with van der Waals surface area (Å²) in [6.07, 6.45) is 0.663. The van der Waals surface area contributed by atoms with E-state index in [-0.39, 0.29) is 35.0 Å². The van der Waals surface area contributed by atoms with Crippen molar-refractivity contribution in [3.05, 3.63) is 86.1 Å². The summed E-state index contributed by atoms with van der Waals surface area (Å²) in [5, 5.41) is 10.8. The third-order valence-electron chi connectivity index (χ3n) is 5.35. The zero-order chi connectivity index (χ0) is 25.1. The molecular weight excluding hydrogens is 460 g/mol. The predicted molar refractivity (Wildman–Crippen MR) is 124 cm³/mol. The maximum absolute atomic E-state index is 13.6. The molecule has 35 heavy (non-hydrogen) atoms. The van der Waals surface area contributed by atoms with Gasteiger partial charge in [-0.15, -0.1) is 10.2 Å².